The van der Waals surface area contributed by atoms with Crippen molar-refractivity contribution in [2.45, 2.75) is 38.4 Å². The summed E-state index contributed by atoms with van der Waals surface area (Å²) in [6.07, 6.45) is -0.0412. The number of carbonyl (C=O) groups excluding carboxylic acids is 1. The van der Waals surface area contributed by atoms with Crippen LogP contribution in [0.1, 0.15) is 32.3 Å². The summed E-state index contributed by atoms with van der Waals surface area (Å²) in [5, 5.41) is 11.3. The molecule has 0 radical (unpaired) electrons. The van der Waals surface area contributed by atoms with Crippen LogP contribution in [0.2, 0.25) is 5.02 Å². The Morgan fingerprint density at radius 1 is 1.65 bits per heavy atom. The van der Waals surface area contributed by atoms with Crippen LogP contribution in [-0.2, 0) is 15.1 Å². The van der Waals surface area contributed by atoms with Crippen LogP contribution in [0, 0.1) is 0 Å². The first kappa shape index (κ1) is 15.6. The zero-order valence-corrected chi connectivity index (χ0v) is 13.6. The van der Waals surface area contributed by atoms with E-state index in [1.807, 2.05) is 6.92 Å². The van der Waals surface area contributed by atoms with Crippen LogP contribution >= 0.6 is 27.5 Å². The van der Waals surface area contributed by atoms with Crippen LogP contribution in [0.4, 0.5) is 0 Å². The first-order valence-electron chi connectivity index (χ1n) is 6.40. The molecule has 20 heavy (non-hydrogen) atoms. The predicted molar refractivity (Wildman–Crippen MR) is 79.0 cm³/mol. The lowest BCUT2D eigenvalue weighted by molar-refractivity contribution is -0.151. The third-order valence-corrected chi connectivity index (χ3v) is 3.93. The van der Waals surface area contributed by atoms with E-state index < -0.39 is 11.6 Å². The zero-order chi connectivity index (χ0) is 14.9. The highest BCUT2D eigenvalue weighted by Gasteiger charge is 2.42. The molecule has 0 unspecified atom stereocenters. The van der Waals surface area contributed by atoms with E-state index >= 15 is 0 Å². The molecule has 6 heteroatoms. The smallest absolute Gasteiger partial charge is 0.309 e. The van der Waals surface area contributed by atoms with Gasteiger partial charge in [-0.2, -0.15) is 0 Å². The highest BCUT2D eigenvalue weighted by molar-refractivity contribution is 9.10. The predicted octanol–water partition coefficient (Wildman–Crippen LogP) is 3.41. The second kappa shape index (κ2) is 5.92. The quantitative estimate of drug-likeness (QED) is 0.836. The fourth-order valence-corrected chi connectivity index (χ4v) is 3.33. The first-order valence-corrected chi connectivity index (χ1v) is 7.57. The van der Waals surface area contributed by atoms with Gasteiger partial charge in [-0.15, -0.1) is 0 Å². The van der Waals surface area contributed by atoms with Gasteiger partial charge < -0.3 is 14.6 Å². The molecule has 2 rings (SSSR count). The maximum Gasteiger partial charge on any atom is 0.309 e. The molecular weight excluding hydrogens is 348 g/mol. The Labute approximate surface area is 131 Å². The number of esters is 1. The van der Waals surface area contributed by atoms with Gasteiger partial charge in [0.05, 0.1) is 24.2 Å². The Kier molecular flexibility index (Phi) is 4.62. The summed E-state index contributed by atoms with van der Waals surface area (Å²) in [6, 6.07) is 3.43. The summed E-state index contributed by atoms with van der Waals surface area (Å²) in [5.74, 6) is -0.00781. The molecule has 1 aliphatic heterocycles. The van der Waals surface area contributed by atoms with Crippen LogP contribution in [0.3, 0.4) is 0 Å². The van der Waals surface area contributed by atoms with Gasteiger partial charge in [0.15, 0.2) is 0 Å². The lowest BCUT2D eigenvalue weighted by atomic mass is 9.83. The van der Waals surface area contributed by atoms with Crippen LogP contribution in [-0.4, -0.2) is 23.8 Å². The van der Waals surface area contributed by atoms with Crippen molar-refractivity contribution in [1.82, 2.24) is 0 Å². The largest absolute Gasteiger partial charge is 0.489 e. The minimum atomic E-state index is -1.33. The van der Waals surface area contributed by atoms with Gasteiger partial charge in [-0.25, -0.2) is 0 Å². The lowest BCUT2D eigenvalue weighted by Gasteiger charge is -2.37. The Morgan fingerprint density at radius 2 is 2.35 bits per heavy atom. The standard InChI is InChI=1S/C14H16BrClO4/c1-3-19-12(17)7-14(18)6-8(2)20-13-10(14)4-9(15)5-11(13)16/h4-5,8,18H,3,6-7H2,1-2H3/t8-,14-/m1/s1. The third-order valence-electron chi connectivity index (χ3n) is 3.20. The summed E-state index contributed by atoms with van der Waals surface area (Å²) >= 11 is 9.49. The van der Waals surface area contributed by atoms with E-state index in [1.54, 1.807) is 19.1 Å². The van der Waals surface area contributed by atoms with E-state index in [1.165, 1.54) is 0 Å². The van der Waals surface area contributed by atoms with Gasteiger partial charge in [0.25, 0.3) is 0 Å². The number of rotatable bonds is 3. The average molecular weight is 364 g/mol. The maximum atomic E-state index is 11.7. The van der Waals surface area contributed by atoms with Crippen molar-refractivity contribution >= 4 is 33.5 Å². The molecule has 1 heterocycles. The van der Waals surface area contributed by atoms with Crippen molar-refractivity contribution in [3.8, 4) is 5.75 Å². The minimum absolute atomic E-state index is 0.117. The molecule has 0 fully saturated rings. The SMILES string of the molecule is CCOC(=O)C[C@]1(O)C[C@@H](C)Oc2c(Cl)cc(Br)cc21. The molecule has 1 aromatic carbocycles. The summed E-state index contributed by atoms with van der Waals surface area (Å²) in [4.78, 5) is 11.7. The van der Waals surface area contributed by atoms with Crippen molar-refractivity contribution in [1.29, 1.82) is 0 Å². The molecule has 0 bridgehead atoms. The molecule has 1 aromatic rings. The molecule has 1 N–H and O–H groups in total. The molecule has 0 spiro atoms. The third kappa shape index (κ3) is 3.10. The molecular formula is C14H16BrClO4. The Balaban J connectivity index is 2.43. The van der Waals surface area contributed by atoms with Crippen molar-refractivity contribution in [3.05, 3.63) is 27.2 Å². The number of halogens is 2. The number of hydrogen-bond donors (Lipinski definition) is 1. The normalized spacial score (nSPS) is 24.8. The number of benzene rings is 1. The van der Waals surface area contributed by atoms with Crippen LogP contribution < -0.4 is 4.74 Å². The highest BCUT2D eigenvalue weighted by atomic mass is 79.9. The van der Waals surface area contributed by atoms with E-state index in [2.05, 4.69) is 15.9 Å². The maximum absolute atomic E-state index is 11.7. The summed E-state index contributed by atoms with van der Waals surface area (Å²) < 4.78 is 11.3. The van der Waals surface area contributed by atoms with Gasteiger partial charge >= 0.3 is 5.97 Å². The van der Waals surface area contributed by atoms with Crippen LogP contribution in [0.25, 0.3) is 0 Å². The van der Waals surface area contributed by atoms with Crippen LogP contribution in [0.15, 0.2) is 16.6 Å². The molecule has 0 aromatic heterocycles. The number of ether oxygens (including phenoxy) is 2. The topological polar surface area (TPSA) is 55.8 Å². The minimum Gasteiger partial charge on any atom is -0.489 e. The van der Waals surface area contributed by atoms with Crippen molar-refractivity contribution in [2.75, 3.05) is 6.61 Å². The summed E-state index contributed by atoms with van der Waals surface area (Å²) in [5.41, 5.74) is -0.810. The Hall–Kier alpha value is -0.780. The second-order valence-corrected chi connectivity index (χ2v) is 6.23. The van der Waals surface area contributed by atoms with E-state index in [-0.39, 0.29) is 19.1 Å². The summed E-state index contributed by atoms with van der Waals surface area (Å²) in [7, 11) is 0. The Morgan fingerprint density at radius 3 is 3.00 bits per heavy atom. The number of carbonyl (C=O) groups is 1. The fourth-order valence-electron chi connectivity index (χ4n) is 2.47. The molecule has 4 nitrogen and oxygen atoms in total. The number of hydrogen-bond acceptors (Lipinski definition) is 4. The van der Waals surface area contributed by atoms with Gasteiger partial charge in [-0.05, 0) is 26.0 Å². The van der Waals surface area contributed by atoms with E-state index in [0.717, 1.165) is 4.47 Å². The van der Waals surface area contributed by atoms with Gasteiger partial charge in [0.2, 0.25) is 0 Å². The summed E-state index contributed by atoms with van der Waals surface area (Å²) in [6.45, 7) is 3.85. The average Bonchev–Trinajstić information content (AvgIpc) is 2.30. The lowest BCUT2D eigenvalue weighted by Crippen LogP contribution is -2.39. The molecule has 110 valence electrons. The van der Waals surface area contributed by atoms with E-state index in [4.69, 9.17) is 21.1 Å². The van der Waals surface area contributed by atoms with Crippen molar-refractivity contribution in [2.24, 2.45) is 0 Å². The van der Waals surface area contributed by atoms with Gasteiger partial charge in [0, 0.05) is 16.5 Å². The van der Waals surface area contributed by atoms with Gasteiger partial charge in [0.1, 0.15) is 11.4 Å². The highest BCUT2D eigenvalue weighted by Crippen LogP contribution is 2.46. The van der Waals surface area contributed by atoms with Crippen LogP contribution in [0.5, 0.6) is 5.75 Å². The fraction of sp³-hybridized carbons (Fsp3) is 0.500. The van der Waals surface area contributed by atoms with Crippen molar-refractivity contribution in [3.63, 3.8) is 0 Å². The number of fused-ring (bicyclic) bond motifs is 1. The van der Waals surface area contributed by atoms with E-state index in [9.17, 15) is 9.90 Å². The molecule has 1 aliphatic rings. The number of aliphatic hydroxyl groups is 1. The van der Waals surface area contributed by atoms with Crippen molar-refractivity contribution < 1.29 is 19.4 Å². The molecule has 0 amide bonds. The molecule has 0 saturated heterocycles. The monoisotopic (exact) mass is 362 g/mol. The molecule has 0 aliphatic carbocycles. The van der Waals surface area contributed by atoms with Gasteiger partial charge in [-0.1, -0.05) is 27.5 Å². The van der Waals surface area contributed by atoms with Gasteiger partial charge in [-0.3, -0.25) is 4.79 Å². The Bertz CT molecular complexity index is 534. The molecule has 2 atom stereocenters. The van der Waals surface area contributed by atoms with E-state index in [0.29, 0.717) is 22.8 Å². The molecule has 0 saturated carbocycles. The first-order chi connectivity index (χ1) is 9.35. The zero-order valence-electron chi connectivity index (χ0n) is 11.3. The second-order valence-electron chi connectivity index (χ2n) is 4.91.